The molecule has 0 spiro atoms. The Hall–Kier alpha value is -1.95. The van der Waals surface area contributed by atoms with Gasteiger partial charge in [-0.05, 0) is 19.4 Å². The van der Waals surface area contributed by atoms with Crippen LogP contribution in [0.4, 0.5) is 0 Å². The lowest BCUT2D eigenvalue weighted by Crippen LogP contribution is -2.35. The first-order valence-corrected chi connectivity index (χ1v) is 7.29. The highest BCUT2D eigenvalue weighted by atomic mass is 16.5. The molecule has 0 radical (unpaired) electrons. The molecule has 0 saturated carbocycles. The van der Waals surface area contributed by atoms with Crippen LogP contribution in [0, 0.1) is 0 Å². The van der Waals surface area contributed by atoms with Crippen molar-refractivity contribution < 1.29 is 23.7 Å². The van der Waals surface area contributed by atoms with E-state index in [0.717, 1.165) is 5.56 Å². The lowest BCUT2D eigenvalue weighted by atomic mass is 10.1. The number of hydrogen-bond acceptors (Lipinski definition) is 5. The summed E-state index contributed by atoms with van der Waals surface area (Å²) in [7, 11) is 4.70. The Kier molecular flexibility index (Phi) is 7.52. The van der Waals surface area contributed by atoms with Gasteiger partial charge < -0.3 is 24.3 Å². The number of methoxy groups -OCH3 is 3. The highest BCUT2D eigenvalue weighted by Crippen LogP contribution is 2.34. The van der Waals surface area contributed by atoms with Gasteiger partial charge in [-0.2, -0.15) is 0 Å². The summed E-state index contributed by atoms with van der Waals surface area (Å²) >= 11 is 0. The Bertz CT molecular complexity index is 490. The smallest absolute Gasteiger partial charge is 0.249 e. The molecule has 1 atom stereocenters. The van der Waals surface area contributed by atoms with E-state index in [1.165, 1.54) is 0 Å². The number of amides is 1. The maximum Gasteiger partial charge on any atom is 0.249 e. The second-order valence-corrected chi connectivity index (χ2v) is 4.59. The molecule has 1 amide bonds. The Morgan fingerprint density at radius 1 is 1.05 bits per heavy atom. The molecule has 0 heterocycles. The maximum atomic E-state index is 12.1. The van der Waals surface area contributed by atoms with Crippen LogP contribution in [-0.4, -0.2) is 39.9 Å². The van der Waals surface area contributed by atoms with Gasteiger partial charge in [-0.25, -0.2) is 0 Å². The number of ether oxygens (including phenoxy) is 4. The SMILES string of the molecule is CCOC(CC)C(=O)NCc1cc(OC)c(OC)cc1OC. The summed E-state index contributed by atoms with van der Waals surface area (Å²) in [6, 6.07) is 3.53. The average molecular weight is 311 g/mol. The van der Waals surface area contributed by atoms with Crippen molar-refractivity contribution in [1.29, 1.82) is 0 Å². The van der Waals surface area contributed by atoms with Crippen molar-refractivity contribution in [2.24, 2.45) is 0 Å². The van der Waals surface area contributed by atoms with Crippen molar-refractivity contribution in [3.05, 3.63) is 17.7 Å². The van der Waals surface area contributed by atoms with E-state index < -0.39 is 6.10 Å². The standard InChI is InChI=1S/C16H25NO5/c1-6-12(22-7-2)16(18)17-10-11-8-14(20-4)15(21-5)9-13(11)19-3/h8-9,12H,6-7,10H2,1-5H3,(H,17,18). The molecule has 0 aliphatic carbocycles. The lowest BCUT2D eigenvalue weighted by Gasteiger charge is -2.17. The van der Waals surface area contributed by atoms with Crippen LogP contribution in [0.3, 0.4) is 0 Å². The molecule has 6 nitrogen and oxygen atoms in total. The molecular formula is C16H25NO5. The van der Waals surface area contributed by atoms with Crippen LogP contribution < -0.4 is 19.5 Å². The van der Waals surface area contributed by atoms with Gasteiger partial charge >= 0.3 is 0 Å². The van der Waals surface area contributed by atoms with Crippen molar-refractivity contribution in [2.75, 3.05) is 27.9 Å². The first-order valence-electron chi connectivity index (χ1n) is 7.29. The van der Waals surface area contributed by atoms with Crippen LogP contribution in [0.15, 0.2) is 12.1 Å². The van der Waals surface area contributed by atoms with Gasteiger partial charge in [0.1, 0.15) is 11.9 Å². The fraction of sp³-hybridized carbons (Fsp3) is 0.562. The minimum atomic E-state index is -0.434. The Balaban J connectivity index is 2.86. The molecule has 0 aliphatic rings. The second-order valence-electron chi connectivity index (χ2n) is 4.59. The lowest BCUT2D eigenvalue weighted by molar-refractivity contribution is -0.132. The Morgan fingerprint density at radius 2 is 1.64 bits per heavy atom. The molecular weight excluding hydrogens is 286 g/mol. The van der Waals surface area contributed by atoms with Crippen LogP contribution in [0.1, 0.15) is 25.8 Å². The van der Waals surface area contributed by atoms with Gasteiger partial charge in [0.15, 0.2) is 11.5 Å². The molecule has 0 aromatic heterocycles. The molecule has 0 saturated heterocycles. The molecule has 1 aromatic rings. The van der Waals surface area contributed by atoms with E-state index in [1.807, 2.05) is 13.8 Å². The van der Waals surface area contributed by atoms with Crippen molar-refractivity contribution in [3.8, 4) is 17.2 Å². The van der Waals surface area contributed by atoms with E-state index in [1.54, 1.807) is 33.5 Å². The van der Waals surface area contributed by atoms with Gasteiger partial charge in [0.05, 0.1) is 21.3 Å². The van der Waals surface area contributed by atoms with Crippen LogP contribution in [0.2, 0.25) is 0 Å². The zero-order valence-electron chi connectivity index (χ0n) is 13.9. The highest BCUT2D eigenvalue weighted by molar-refractivity contribution is 5.80. The van der Waals surface area contributed by atoms with Crippen molar-refractivity contribution in [3.63, 3.8) is 0 Å². The number of carbonyl (C=O) groups is 1. The summed E-state index contributed by atoms with van der Waals surface area (Å²) in [6.45, 7) is 4.61. The molecule has 1 rings (SSSR count). The first-order chi connectivity index (χ1) is 10.6. The molecule has 22 heavy (non-hydrogen) atoms. The molecule has 0 fully saturated rings. The predicted molar refractivity (Wildman–Crippen MR) is 83.6 cm³/mol. The normalized spacial score (nSPS) is 11.7. The summed E-state index contributed by atoms with van der Waals surface area (Å²) in [6.07, 6.45) is 0.194. The van der Waals surface area contributed by atoms with Crippen LogP contribution in [-0.2, 0) is 16.1 Å². The summed E-state index contributed by atoms with van der Waals surface area (Å²) in [4.78, 5) is 12.1. The van der Waals surface area contributed by atoms with E-state index >= 15 is 0 Å². The molecule has 124 valence electrons. The van der Waals surface area contributed by atoms with Gasteiger partial charge in [-0.3, -0.25) is 4.79 Å². The quantitative estimate of drug-likeness (QED) is 0.757. The van der Waals surface area contributed by atoms with Crippen LogP contribution >= 0.6 is 0 Å². The molecule has 0 aliphatic heterocycles. The molecule has 1 N–H and O–H groups in total. The third-order valence-electron chi connectivity index (χ3n) is 3.27. The average Bonchev–Trinajstić information content (AvgIpc) is 2.56. The van der Waals surface area contributed by atoms with Gasteiger partial charge in [-0.15, -0.1) is 0 Å². The van der Waals surface area contributed by atoms with Crippen LogP contribution in [0.5, 0.6) is 17.2 Å². The Labute approximate surface area is 131 Å². The summed E-state index contributed by atoms with van der Waals surface area (Å²) in [5.74, 6) is 1.66. The first kappa shape index (κ1) is 18.1. The van der Waals surface area contributed by atoms with E-state index in [-0.39, 0.29) is 5.91 Å². The zero-order chi connectivity index (χ0) is 16.5. The fourth-order valence-electron chi connectivity index (χ4n) is 2.11. The van der Waals surface area contributed by atoms with Crippen molar-refractivity contribution in [1.82, 2.24) is 5.32 Å². The number of carbonyl (C=O) groups excluding carboxylic acids is 1. The molecule has 1 aromatic carbocycles. The molecule has 0 bridgehead atoms. The van der Waals surface area contributed by atoms with Gasteiger partial charge in [0, 0.05) is 24.8 Å². The second kappa shape index (κ2) is 9.15. The maximum absolute atomic E-state index is 12.1. The predicted octanol–water partition coefficient (Wildman–Crippen LogP) is 2.14. The van der Waals surface area contributed by atoms with Crippen LogP contribution in [0.25, 0.3) is 0 Å². The van der Waals surface area contributed by atoms with Gasteiger partial charge in [0.25, 0.3) is 0 Å². The number of hydrogen-bond donors (Lipinski definition) is 1. The minimum Gasteiger partial charge on any atom is -0.496 e. The van der Waals surface area contributed by atoms with Gasteiger partial charge in [0.2, 0.25) is 5.91 Å². The zero-order valence-corrected chi connectivity index (χ0v) is 13.9. The highest BCUT2D eigenvalue weighted by Gasteiger charge is 2.17. The summed E-state index contributed by atoms with van der Waals surface area (Å²) in [5.41, 5.74) is 0.805. The van der Waals surface area contributed by atoms with Crippen molar-refractivity contribution >= 4 is 5.91 Å². The number of benzene rings is 1. The van der Waals surface area contributed by atoms with E-state index in [2.05, 4.69) is 5.32 Å². The summed E-state index contributed by atoms with van der Waals surface area (Å²) in [5, 5.41) is 2.86. The van der Waals surface area contributed by atoms with Gasteiger partial charge in [-0.1, -0.05) is 6.92 Å². The molecule has 1 unspecified atom stereocenters. The summed E-state index contributed by atoms with van der Waals surface area (Å²) < 4.78 is 21.2. The largest absolute Gasteiger partial charge is 0.496 e. The Morgan fingerprint density at radius 3 is 2.14 bits per heavy atom. The third-order valence-corrected chi connectivity index (χ3v) is 3.27. The molecule has 6 heteroatoms. The third kappa shape index (κ3) is 4.53. The number of nitrogens with one attached hydrogen (secondary N) is 1. The number of rotatable bonds is 9. The minimum absolute atomic E-state index is 0.138. The van der Waals surface area contributed by atoms with E-state index in [4.69, 9.17) is 18.9 Å². The monoisotopic (exact) mass is 311 g/mol. The van der Waals surface area contributed by atoms with E-state index in [0.29, 0.717) is 36.8 Å². The fourth-order valence-corrected chi connectivity index (χ4v) is 2.11. The van der Waals surface area contributed by atoms with E-state index in [9.17, 15) is 4.79 Å². The topological polar surface area (TPSA) is 66.0 Å². The van der Waals surface area contributed by atoms with Crippen molar-refractivity contribution in [2.45, 2.75) is 32.9 Å².